The van der Waals surface area contributed by atoms with Crippen molar-refractivity contribution in [1.82, 2.24) is 15.6 Å². The highest BCUT2D eigenvalue weighted by Crippen LogP contribution is 2.22. The van der Waals surface area contributed by atoms with Gasteiger partial charge in [0.25, 0.3) is 5.91 Å². The maximum Gasteiger partial charge on any atom is 0.251 e. The topological polar surface area (TPSA) is 87.4 Å². The molecule has 38 heavy (non-hydrogen) atoms. The van der Waals surface area contributed by atoms with Gasteiger partial charge in [0, 0.05) is 30.6 Å². The average molecular weight is 522 g/mol. The highest BCUT2D eigenvalue weighted by Gasteiger charge is 2.23. The van der Waals surface area contributed by atoms with E-state index in [9.17, 15) is 18.7 Å². The van der Waals surface area contributed by atoms with Crippen LogP contribution in [0.2, 0.25) is 0 Å². The van der Waals surface area contributed by atoms with E-state index in [1.165, 1.54) is 17.7 Å². The van der Waals surface area contributed by atoms with Gasteiger partial charge in [0.1, 0.15) is 17.2 Å². The van der Waals surface area contributed by atoms with E-state index in [1.54, 1.807) is 18.2 Å². The summed E-state index contributed by atoms with van der Waals surface area (Å²) >= 11 is 0. The van der Waals surface area contributed by atoms with Gasteiger partial charge < -0.3 is 20.2 Å². The number of aliphatic hydroxyl groups excluding tert-OH is 1. The third kappa shape index (κ3) is 7.02. The minimum absolute atomic E-state index is 0.0383. The zero-order valence-corrected chi connectivity index (χ0v) is 21.8. The first-order valence-electron chi connectivity index (χ1n) is 12.8. The van der Waals surface area contributed by atoms with Crippen LogP contribution >= 0.6 is 0 Å². The van der Waals surface area contributed by atoms with Gasteiger partial charge in [-0.05, 0) is 59.9 Å². The molecule has 6 nitrogen and oxygen atoms in total. The van der Waals surface area contributed by atoms with Crippen molar-refractivity contribution in [3.63, 3.8) is 0 Å². The first kappa shape index (κ1) is 27.4. The fourth-order valence-corrected chi connectivity index (χ4v) is 4.31. The number of oxazole rings is 1. The molecule has 0 fully saturated rings. The first-order chi connectivity index (χ1) is 18.2. The molecule has 1 aromatic heterocycles. The molecule has 1 amide bonds. The van der Waals surface area contributed by atoms with E-state index < -0.39 is 29.7 Å². The Morgan fingerprint density at radius 3 is 2.45 bits per heavy atom. The molecular formula is C30H33F2N3O3. The number of fused-ring (bicyclic) bond motifs is 1. The standard InChI is InChI=1S/C30H33F2N3O3/c1-4-19-6-5-7-20(10-19)16-33-17-27(36)26(13-21-11-23(31)15-24(32)12-21)34-29(37)22-8-9-25-28(14-22)38-30(35-25)18(2)3/h5-12,14-15,18,26-27,33,36H,4,13,16-17H2,1-3H3,(H,34,37)/t26-,27+/m0/s1. The molecule has 2 atom stereocenters. The Bertz CT molecular complexity index is 1380. The summed E-state index contributed by atoms with van der Waals surface area (Å²) in [5.41, 5.74) is 4.08. The van der Waals surface area contributed by atoms with Gasteiger partial charge in [-0.25, -0.2) is 13.8 Å². The predicted octanol–water partition coefficient (Wildman–Crippen LogP) is 5.28. The lowest BCUT2D eigenvalue weighted by Gasteiger charge is -2.25. The van der Waals surface area contributed by atoms with E-state index in [1.807, 2.05) is 26.0 Å². The number of hydrogen-bond acceptors (Lipinski definition) is 5. The normalized spacial score (nSPS) is 13.1. The van der Waals surface area contributed by atoms with Crippen molar-refractivity contribution in [3.05, 3.63) is 100 Å². The minimum atomic E-state index is -1.03. The Morgan fingerprint density at radius 1 is 1.00 bits per heavy atom. The van der Waals surface area contributed by atoms with Crippen LogP contribution in [-0.2, 0) is 19.4 Å². The van der Waals surface area contributed by atoms with Crippen LogP contribution in [0.5, 0.6) is 0 Å². The lowest BCUT2D eigenvalue weighted by atomic mass is 10.00. The number of carbonyl (C=O) groups is 1. The van der Waals surface area contributed by atoms with Crippen LogP contribution in [0.3, 0.4) is 0 Å². The molecule has 3 aromatic carbocycles. The summed E-state index contributed by atoms with van der Waals surface area (Å²) in [6, 6.07) is 15.5. The maximum absolute atomic E-state index is 13.8. The molecule has 0 bridgehead atoms. The molecule has 0 unspecified atom stereocenters. The van der Waals surface area contributed by atoms with Gasteiger partial charge in [0.2, 0.25) is 0 Å². The number of aromatic nitrogens is 1. The van der Waals surface area contributed by atoms with Crippen molar-refractivity contribution in [2.45, 2.75) is 58.2 Å². The van der Waals surface area contributed by atoms with Crippen molar-refractivity contribution in [1.29, 1.82) is 0 Å². The molecule has 0 radical (unpaired) electrons. The smallest absolute Gasteiger partial charge is 0.251 e. The van der Waals surface area contributed by atoms with Crippen molar-refractivity contribution in [2.75, 3.05) is 6.54 Å². The van der Waals surface area contributed by atoms with Gasteiger partial charge >= 0.3 is 0 Å². The number of hydrogen-bond donors (Lipinski definition) is 3. The molecule has 200 valence electrons. The van der Waals surface area contributed by atoms with E-state index in [2.05, 4.69) is 34.7 Å². The number of halogens is 2. The minimum Gasteiger partial charge on any atom is -0.440 e. The Kier molecular flexibility index (Phi) is 8.86. The predicted molar refractivity (Wildman–Crippen MR) is 143 cm³/mol. The van der Waals surface area contributed by atoms with Crippen LogP contribution < -0.4 is 10.6 Å². The zero-order valence-electron chi connectivity index (χ0n) is 21.8. The summed E-state index contributed by atoms with van der Waals surface area (Å²) in [7, 11) is 0. The third-order valence-electron chi connectivity index (χ3n) is 6.40. The van der Waals surface area contributed by atoms with Crippen LogP contribution in [0.4, 0.5) is 8.78 Å². The van der Waals surface area contributed by atoms with Crippen LogP contribution in [0.15, 0.2) is 65.1 Å². The number of benzene rings is 3. The molecule has 3 N–H and O–H groups in total. The Hall–Kier alpha value is -3.62. The second-order valence-corrected chi connectivity index (χ2v) is 9.82. The summed E-state index contributed by atoms with van der Waals surface area (Å²) < 4.78 is 33.5. The largest absolute Gasteiger partial charge is 0.440 e. The van der Waals surface area contributed by atoms with Crippen LogP contribution in [-0.4, -0.2) is 34.7 Å². The van der Waals surface area contributed by atoms with E-state index in [0.717, 1.165) is 18.1 Å². The van der Waals surface area contributed by atoms with Crippen LogP contribution in [0.1, 0.15) is 59.6 Å². The number of aliphatic hydroxyl groups is 1. The molecule has 8 heteroatoms. The zero-order chi connectivity index (χ0) is 27.2. The number of rotatable bonds is 11. The monoisotopic (exact) mass is 521 g/mol. The second-order valence-electron chi connectivity index (χ2n) is 9.82. The van der Waals surface area contributed by atoms with Gasteiger partial charge in [0.15, 0.2) is 11.5 Å². The van der Waals surface area contributed by atoms with Gasteiger partial charge in [-0.2, -0.15) is 0 Å². The van der Waals surface area contributed by atoms with Gasteiger partial charge in [-0.15, -0.1) is 0 Å². The molecule has 0 aliphatic rings. The van der Waals surface area contributed by atoms with E-state index >= 15 is 0 Å². The van der Waals surface area contributed by atoms with Crippen molar-refractivity contribution in [3.8, 4) is 0 Å². The van der Waals surface area contributed by atoms with Crippen LogP contribution in [0.25, 0.3) is 11.1 Å². The van der Waals surface area contributed by atoms with Crippen LogP contribution in [0, 0.1) is 11.6 Å². The quantitative estimate of drug-likeness (QED) is 0.250. The summed E-state index contributed by atoms with van der Waals surface area (Å²) in [4.78, 5) is 17.6. The van der Waals surface area contributed by atoms with Crippen molar-refractivity contribution >= 4 is 17.0 Å². The average Bonchev–Trinajstić information content (AvgIpc) is 3.32. The van der Waals surface area contributed by atoms with Crippen molar-refractivity contribution < 1.29 is 23.1 Å². The Balaban J connectivity index is 1.49. The lowest BCUT2D eigenvalue weighted by Crippen LogP contribution is -2.48. The highest BCUT2D eigenvalue weighted by molar-refractivity contribution is 5.97. The van der Waals surface area contributed by atoms with E-state index in [-0.39, 0.29) is 18.9 Å². The Labute approximate surface area is 221 Å². The summed E-state index contributed by atoms with van der Waals surface area (Å²) in [5, 5.41) is 17.1. The number of aryl methyl sites for hydroxylation is 1. The van der Waals surface area contributed by atoms with E-state index in [0.29, 0.717) is 34.7 Å². The molecule has 0 saturated carbocycles. The highest BCUT2D eigenvalue weighted by atomic mass is 19.1. The third-order valence-corrected chi connectivity index (χ3v) is 6.40. The number of nitrogens with zero attached hydrogens (tertiary/aromatic N) is 1. The number of nitrogens with one attached hydrogen (secondary N) is 2. The SMILES string of the molecule is CCc1cccc(CNC[C@@H](O)[C@H](Cc2cc(F)cc(F)c2)NC(=O)c2ccc3nc(C(C)C)oc3c2)c1. The number of carbonyl (C=O) groups excluding carboxylic acids is 1. The molecular weight excluding hydrogens is 488 g/mol. The Morgan fingerprint density at radius 2 is 1.74 bits per heavy atom. The summed E-state index contributed by atoms with van der Waals surface area (Å²) in [5.74, 6) is -1.20. The fraction of sp³-hybridized carbons (Fsp3) is 0.333. The first-order valence-corrected chi connectivity index (χ1v) is 12.8. The summed E-state index contributed by atoms with van der Waals surface area (Å²) in [6.07, 6.45) is -0.0643. The molecule has 0 aliphatic carbocycles. The molecule has 1 heterocycles. The molecule has 0 aliphatic heterocycles. The second kappa shape index (κ2) is 12.3. The van der Waals surface area contributed by atoms with E-state index in [4.69, 9.17) is 4.42 Å². The molecule has 0 spiro atoms. The molecule has 0 saturated heterocycles. The molecule has 4 aromatic rings. The molecule has 4 rings (SSSR count). The van der Waals surface area contributed by atoms with Gasteiger partial charge in [-0.1, -0.05) is 45.0 Å². The van der Waals surface area contributed by atoms with Gasteiger partial charge in [-0.3, -0.25) is 4.79 Å². The lowest BCUT2D eigenvalue weighted by molar-refractivity contribution is 0.0830. The fourth-order valence-electron chi connectivity index (χ4n) is 4.31. The van der Waals surface area contributed by atoms with Gasteiger partial charge in [0.05, 0.1) is 12.1 Å². The number of amides is 1. The summed E-state index contributed by atoms with van der Waals surface area (Å²) in [6.45, 7) is 6.71. The van der Waals surface area contributed by atoms with Crippen molar-refractivity contribution in [2.24, 2.45) is 0 Å². The maximum atomic E-state index is 13.8.